The number of rotatable bonds is 1. The number of aromatic amines is 1. The molecule has 0 saturated carbocycles. The Balaban J connectivity index is 2.45. The van der Waals surface area contributed by atoms with E-state index in [4.69, 9.17) is 0 Å². The molecule has 0 fully saturated rings. The van der Waals surface area contributed by atoms with Crippen LogP contribution >= 0.6 is 0 Å². The maximum atomic E-state index is 12.0. The first-order valence-electron chi connectivity index (χ1n) is 6.33. The summed E-state index contributed by atoms with van der Waals surface area (Å²) >= 11 is 0. The second kappa shape index (κ2) is 4.67. The number of fused-ring (bicyclic) bond motifs is 1. The number of pyridine rings is 1. The fourth-order valence-electron chi connectivity index (χ4n) is 2.38. The summed E-state index contributed by atoms with van der Waals surface area (Å²) in [6.07, 6.45) is 0. The second-order valence-electron chi connectivity index (χ2n) is 4.73. The summed E-state index contributed by atoms with van der Waals surface area (Å²) in [5.74, 6) is 0. The van der Waals surface area contributed by atoms with Crippen LogP contribution in [0.5, 0.6) is 0 Å². The zero-order chi connectivity index (χ0) is 14.1. The molecule has 0 saturated heterocycles. The molecule has 0 aliphatic rings. The van der Waals surface area contributed by atoms with Gasteiger partial charge in [-0.25, -0.2) is 0 Å². The number of nitrogens with one attached hydrogen (secondary N) is 1. The van der Waals surface area contributed by atoms with E-state index < -0.39 is 0 Å². The molecule has 3 rings (SSSR count). The van der Waals surface area contributed by atoms with Crippen molar-refractivity contribution < 1.29 is 0 Å². The van der Waals surface area contributed by atoms with Crippen molar-refractivity contribution in [3.05, 3.63) is 70.1 Å². The normalized spacial score (nSPS) is 10.4. The van der Waals surface area contributed by atoms with Crippen LogP contribution in [0, 0.1) is 18.3 Å². The van der Waals surface area contributed by atoms with E-state index in [1.807, 2.05) is 49.4 Å². The molecule has 1 heterocycles. The summed E-state index contributed by atoms with van der Waals surface area (Å²) < 4.78 is 0. The maximum absolute atomic E-state index is 12.0. The van der Waals surface area contributed by atoms with Gasteiger partial charge in [0.1, 0.15) is 11.8 Å². The number of benzene rings is 2. The van der Waals surface area contributed by atoms with Crippen molar-refractivity contribution in [3.63, 3.8) is 0 Å². The molecule has 2 aromatic carbocycles. The summed E-state index contributed by atoms with van der Waals surface area (Å²) in [6, 6.07) is 17.4. The van der Waals surface area contributed by atoms with E-state index in [1.54, 1.807) is 6.07 Å². The van der Waals surface area contributed by atoms with Crippen LogP contribution < -0.4 is 5.56 Å². The van der Waals surface area contributed by atoms with E-state index in [2.05, 4.69) is 11.1 Å². The van der Waals surface area contributed by atoms with Crippen molar-refractivity contribution in [2.24, 2.45) is 0 Å². The van der Waals surface area contributed by atoms with E-state index in [1.165, 1.54) is 0 Å². The van der Waals surface area contributed by atoms with E-state index in [0.29, 0.717) is 11.1 Å². The standard InChI is InChI=1S/C17H12N2O/c1-11-6-8-12(9-7-11)16-13-4-2-3-5-14(13)17(20)19-15(16)10-18/h2-9H,1H3,(H,19,20). The third kappa shape index (κ3) is 1.88. The summed E-state index contributed by atoms with van der Waals surface area (Å²) in [4.78, 5) is 14.7. The lowest BCUT2D eigenvalue weighted by atomic mass is 9.97. The van der Waals surface area contributed by atoms with E-state index in [-0.39, 0.29) is 5.56 Å². The minimum atomic E-state index is -0.229. The number of hydrogen-bond acceptors (Lipinski definition) is 2. The fourth-order valence-corrected chi connectivity index (χ4v) is 2.38. The van der Waals surface area contributed by atoms with Gasteiger partial charge in [0.2, 0.25) is 0 Å². The number of nitrogens with zero attached hydrogens (tertiary/aromatic N) is 1. The highest BCUT2D eigenvalue weighted by atomic mass is 16.1. The zero-order valence-electron chi connectivity index (χ0n) is 11.0. The van der Waals surface area contributed by atoms with Gasteiger partial charge in [-0.05, 0) is 23.9 Å². The quantitative estimate of drug-likeness (QED) is 0.729. The van der Waals surface area contributed by atoms with Gasteiger partial charge >= 0.3 is 0 Å². The second-order valence-corrected chi connectivity index (χ2v) is 4.73. The van der Waals surface area contributed by atoms with Crippen LogP contribution in [0.2, 0.25) is 0 Å². The first-order chi connectivity index (χ1) is 9.70. The Morgan fingerprint density at radius 2 is 1.65 bits per heavy atom. The Morgan fingerprint density at radius 1 is 1.00 bits per heavy atom. The highest BCUT2D eigenvalue weighted by Crippen LogP contribution is 2.29. The predicted molar refractivity (Wildman–Crippen MR) is 79.5 cm³/mol. The van der Waals surface area contributed by atoms with Crippen molar-refractivity contribution in [2.45, 2.75) is 6.92 Å². The summed E-state index contributed by atoms with van der Waals surface area (Å²) in [6.45, 7) is 2.01. The van der Waals surface area contributed by atoms with Crippen molar-refractivity contribution in [1.29, 1.82) is 5.26 Å². The van der Waals surface area contributed by atoms with Gasteiger partial charge in [-0.2, -0.15) is 5.26 Å². The number of nitriles is 1. The van der Waals surface area contributed by atoms with E-state index >= 15 is 0 Å². The molecule has 3 heteroatoms. The lowest BCUT2D eigenvalue weighted by Gasteiger charge is -2.09. The molecule has 1 N–H and O–H groups in total. The molecular formula is C17H12N2O. The van der Waals surface area contributed by atoms with Crippen molar-refractivity contribution in [2.75, 3.05) is 0 Å². The Morgan fingerprint density at radius 3 is 2.30 bits per heavy atom. The lowest BCUT2D eigenvalue weighted by molar-refractivity contribution is 1.23. The average Bonchev–Trinajstić information content (AvgIpc) is 2.48. The summed E-state index contributed by atoms with van der Waals surface area (Å²) in [5, 5.41) is 10.7. The average molecular weight is 260 g/mol. The van der Waals surface area contributed by atoms with Gasteiger partial charge in [-0.3, -0.25) is 4.79 Å². The molecule has 0 spiro atoms. The first-order valence-corrected chi connectivity index (χ1v) is 6.33. The van der Waals surface area contributed by atoms with Crippen molar-refractivity contribution >= 4 is 10.8 Å². The molecule has 0 aliphatic heterocycles. The molecule has 0 unspecified atom stereocenters. The SMILES string of the molecule is Cc1ccc(-c2c(C#N)[nH]c(=O)c3ccccc23)cc1. The van der Waals surface area contributed by atoms with Gasteiger partial charge in [0.05, 0.1) is 0 Å². The fraction of sp³-hybridized carbons (Fsp3) is 0.0588. The van der Waals surface area contributed by atoms with Gasteiger partial charge in [-0.15, -0.1) is 0 Å². The Labute approximate surface area is 116 Å². The Kier molecular flexibility index (Phi) is 2.85. The third-order valence-electron chi connectivity index (χ3n) is 3.38. The molecule has 96 valence electrons. The van der Waals surface area contributed by atoms with Crippen LogP contribution in [0.4, 0.5) is 0 Å². The van der Waals surface area contributed by atoms with Crippen LogP contribution in [0.1, 0.15) is 11.3 Å². The molecular weight excluding hydrogens is 248 g/mol. The summed E-state index contributed by atoms with van der Waals surface area (Å²) in [7, 11) is 0. The molecule has 0 bridgehead atoms. The minimum absolute atomic E-state index is 0.229. The number of H-pyrrole nitrogens is 1. The molecule has 0 atom stereocenters. The molecule has 3 aromatic rings. The predicted octanol–water partition coefficient (Wildman–Crippen LogP) is 3.38. The molecule has 20 heavy (non-hydrogen) atoms. The summed E-state index contributed by atoms with van der Waals surface area (Å²) in [5.41, 5.74) is 2.94. The van der Waals surface area contributed by atoms with Crippen LogP contribution in [-0.4, -0.2) is 4.98 Å². The van der Waals surface area contributed by atoms with Gasteiger partial charge in [-0.1, -0.05) is 48.0 Å². The third-order valence-corrected chi connectivity index (χ3v) is 3.38. The highest BCUT2D eigenvalue weighted by molar-refractivity contribution is 5.98. The van der Waals surface area contributed by atoms with Crippen molar-refractivity contribution in [3.8, 4) is 17.2 Å². The van der Waals surface area contributed by atoms with Gasteiger partial charge < -0.3 is 4.98 Å². The number of hydrogen-bond donors (Lipinski definition) is 1. The first kappa shape index (κ1) is 12.2. The van der Waals surface area contributed by atoms with Crippen LogP contribution in [0.25, 0.3) is 21.9 Å². The Hall–Kier alpha value is -2.86. The van der Waals surface area contributed by atoms with Crippen molar-refractivity contribution in [1.82, 2.24) is 4.98 Å². The smallest absolute Gasteiger partial charge is 0.256 e. The Bertz CT molecular complexity index is 883. The van der Waals surface area contributed by atoms with Gasteiger partial charge in [0, 0.05) is 10.9 Å². The highest BCUT2D eigenvalue weighted by Gasteiger charge is 2.12. The molecule has 3 nitrogen and oxygen atoms in total. The topological polar surface area (TPSA) is 56.6 Å². The largest absolute Gasteiger partial charge is 0.313 e. The zero-order valence-corrected chi connectivity index (χ0v) is 11.0. The lowest BCUT2D eigenvalue weighted by Crippen LogP contribution is -2.09. The van der Waals surface area contributed by atoms with Crippen LogP contribution in [0.3, 0.4) is 0 Å². The number of aryl methyl sites for hydroxylation is 1. The minimum Gasteiger partial charge on any atom is -0.313 e. The monoisotopic (exact) mass is 260 g/mol. The molecule has 0 aliphatic carbocycles. The van der Waals surface area contributed by atoms with E-state index in [9.17, 15) is 10.1 Å². The van der Waals surface area contributed by atoms with Crippen LogP contribution in [-0.2, 0) is 0 Å². The van der Waals surface area contributed by atoms with Crippen LogP contribution in [0.15, 0.2) is 53.3 Å². The van der Waals surface area contributed by atoms with Gasteiger partial charge in [0.25, 0.3) is 5.56 Å². The number of aromatic nitrogens is 1. The molecule has 1 aromatic heterocycles. The molecule has 0 amide bonds. The maximum Gasteiger partial charge on any atom is 0.256 e. The molecule has 0 radical (unpaired) electrons. The van der Waals surface area contributed by atoms with E-state index in [0.717, 1.165) is 22.1 Å². The van der Waals surface area contributed by atoms with Gasteiger partial charge in [0.15, 0.2) is 0 Å².